The van der Waals surface area contributed by atoms with Gasteiger partial charge >= 0.3 is 0 Å². The third kappa shape index (κ3) is 4.90. The summed E-state index contributed by atoms with van der Waals surface area (Å²) in [6.45, 7) is 1.25. The number of ether oxygens (including phenoxy) is 1. The topological polar surface area (TPSA) is 93.4 Å². The van der Waals surface area contributed by atoms with Gasteiger partial charge in [-0.15, -0.1) is 21.5 Å². The summed E-state index contributed by atoms with van der Waals surface area (Å²) in [5.41, 5.74) is 1.80. The van der Waals surface area contributed by atoms with Crippen LogP contribution >= 0.6 is 22.9 Å². The van der Waals surface area contributed by atoms with Crippen LogP contribution in [0.25, 0.3) is 21.7 Å². The summed E-state index contributed by atoms with van der Waals surface area (Å²) in [5, 5.41) is 12.4. The van der Waals surface area contributed by atoms with Crippen LogP contribution in [0.2, 0.25) is 5.02 Å². The van der Waals surface area contributed by atoms with Gasteiger partial charge in [-0.1, -0.05) is 17.7 Å². The van der Waals surface area contributed by atoms with Gasteiger partial charge in [0.15, 0.2) is 0 Å². The predicted molar refractivity (Wildman–Crippen MR) is 125 cm³/mol. The van der Waals surface area contributed by atoms with E-state index in [-0.39, 0.29) is 5.91 Å². The third-order valence-electron chi connectivity index (χ3n) is 4.72. The average molecular weight is 472 g/mol. The molecule has 166 valence electrons. The minimum absolute atomic E-state index is 0.248. The van der Waals surface area contributed by atoms with Crippen molar-refractivity contribution in [3.8, 4) is 17.2 Å². The van der Waals surface area contributed by atoms with Crippen molar-refractivity contribution in [1.82, 2.24) is 25.4 Å². The van der Waals surface area contributed by atoms with Crippen molar-refractivity contribution >= 4 is 39.1 Å². The number of halogens is 1. The summed E-state index contributed by atoms with van der Waals surface area (Å²) in [6, 6.07) is 10.9. The average Bonchev–Trinajstić information content (AvgIpc) is 3.40. The Kier molecular flexibility index (Phi) is 6.69. The zero-order valence-corrected chi connectivity index (χ0v) is 19.5. The van der Waals surface area contributed by atoms with Crippen LogP contribution in [0.15, 0.2) is 40.8 Å². The Balaban J connectivity index is 1.51. The molecule has 8 nitrogen and oxygen atoms in total. The van der Waals surface area contributed by atoms with Crippen molar-refractivity contribution in [1.29, 1.82) is 0 Å². The molecule has 0 aliphatic rings. The van der Waals surface area contributed by atoms with E-state index in [2.05, 4.69) is 20.5 Å². The van der Waals surface area contributed by atoms with Gasteiger partial charge in [0.05, 0.1) is 28.8 Å². The molecule has 0 radical (unpaired) electrons. The van der Waals surface area contributed by atoms with Crippen molar-refractivity contribution in [3.05, 3.63) is 57.9 Å². The number of aromatic nitrogens is 3. The number of carbonyl (C=O) groups excluding carboxylic acids is 1. The lowest BCUT2D eigenvalue weighted by atomic mass is 10.1. The first-order valence-corrected chi connectivity index (χ1v) is 11.1. The lowest BCUT2D eigenvalue weighted by molar-refractivity contribution is 0.0951. The van der Waals surface area contributed by atoms with Gasteiger partial charge in [-0.3, -0.25) is 4.79 Å². The second-order valence-corrected chi connectivity index (χ2v) is 8.87. The molecule has 0 fully saturated rings. The number of nitrogens with zero attached hydrogens (tertiary/aromatic N) is 4. The molecule has 0 aliphatic carbocycles. The Bertz CT molecular complexity index is 1250. The first-order valence-electron chi connectivity index (χ1n) is 9.92. The Hall–Kier alpha value is -3.01. The maximum Gasteiger partial charge on any atom is 0.252 e. The van der Waals surface area contributed by atoms with Gasteiger partial charge in [-0.05, 0) is 44.4 Å². The molecule has 0 saturated carbocycles. The predicted octanol–water partition coefficient (Wildman–Crippen LogP) is 3.89. The maximum absolute atomic E-state index is 12.5. The fourth-order valence-corrected chi connectivity index (χ4v) is 4.28. The zero-order valence-electron chi connectivity index (χ0n) is 17.9. The van der Waals surface area contributed by atoms with Gasteiger partial charge < -0.3 is 19.4 Å². The zero-order chi connectivity index (χ0) is 22.7. The van der Waals surface area contributed by atoms with E-state index in [0.29, 0.717) is 40.9 Å². The number of para-hydroxylation sites is 1. The molecule has 0 aliphatic heterocycles. The molecule has 2 heterocycles. The van der Waals surface area contributed by atoms with Crippen molar-refractivity contribution in [2.45, 2.75) is 6.42 Å². The molecule has 32 heavy (non-hydrogen) atoms. The fraction of sp³-hybridized carbons (Fsp3) is 0.273. The van der Waals surface area contributed by atoms with Gasteiger partial charge in [0.25, 0.3) is 5.91 Å². The van der Waals surface area contributed by atoms with Gasteiger partial charge in [-0.2, -0.15) is 0 Å². The second kappa shape index (κ2) is 9.64. The number of benzene rings is 2. The monoisotopic (exact) mass is 471 g/mol. The molecule has 4 rings (SSSR count). The number of likely N-dealkylation sites (N-methyl/N-ethyl adjacent to an activating group) is 1. The van der Waals surface area contributed by atoms with Crippen LogP contribution in [-0.4, -0.2) is 60.3 Å². The highest BCUT2D eigenvalue weighted by atomic mass is 35.5. The number of hydrogen-bond donors (Lipinski definition) is 1. The van der Waals surface area contributed by atoms with Crippen LogP contribution in [0, 0.1) is 0 Å². The number of thiazole rings is 1. The molecule has 4 aromatic rings. The Labute approximate surface area is 194 Å². The molecule has 0 bridgehead atoms. The first-order chi connectivity index (χ1) is 15.4. The number of amides is 1. The SMILES string of the molecule is COc1cccc2sc(Cc3nnc(-c4ccc(Cl)c(C(=O)NCCN(C)C)c4)o3)nc12. The minimum Gasteiger partial charge on any atom is -0.494 e. The van der Waals surface area contributed by atoms with Crippen molar-refractivity contribution in [2.24, 2.45) is 0 Å². The largest absolute Gasteiger partial charge is 0.494 e. The lowest BCUT2D eigenvalue weighted by Crippen LogP contribution is -2.31. The Morgan fingerprint density at radius 2 is 2.09 bits per heavy atom. The van der Waals surface area contributed by atoms with E-state index >= 15 is 0 Å². The second-order valence-electron chi connectivity index (χ2n) is 7.35. The summed E-state index contributed by atoms with van der Waals surface area (Å²) < 4.78 is 12.3. The van der Waals surface area contributed by atoms with E-state index in [1.54, 1.807) is 36.6 Å². The molecule has 0 saturated heterocycles. The van der Waals surface area contributed by atoms with E-state index in [1.807, 2.05) is 37.2 Å². The number of nitrogens with one attached hydrogen (secondary N) is 1. The highest BCUT2D eigenvalue weighted by Crippen LogP contribution is 2.31. The number of rotatable bonds is 8. The van der Waals surface area contributed by atoms with Crippen LogP contribution in [0.4, 0.5) is 0 Å². The lowest BCUT2D eigenvalue weighted by Gasteiger charge is -2.11. The van der Waals surface area contributed by atoms with Gasteiger partial charge in [0.1, 0.15) is 16.3 Å². The number of hydrogen-bond acceptors (Lipinski definition) is 8. The maximum atomic E-state index is 12.5. The highest BCUT2D eigenvalue weighted by molar-refractivity contribution is 7.18. The summed E-state index contributed by atoms with van der Waals surface area (Å²) in [7, 11) is 5.51. The summed E-state index contributed by atoms with van der Waals surface area (Å²) in [4.78, 5) is 19.1. The van der Waals surface area contributed by atoms with Gasteiger partial charge in [-0.25, -0.2) is 4.98 Å². The number of fused-ring (bicyclic) bond motifs is 1. The summed E-state index contributed by atoms with van der Waals surface area (Å²) in [6.07, 6.45) is 0.404. The van der Waals surface area contributed by atoms with Crippen LogP contribution in [0.1, 0.15) is 21.3 Å². The molecular weight excluding hydrogens is 450 g/mol. The summed E-state index contributed by atoms with van der Waals surface area (Å²) >= 11 is 7.79. The molecule has 2 aromatic heterocycles. The van der Waals surface area contributed by atoms with Gasteiger partial charge in [0, 0.05) is 18.7 Å². The Morgan fingerprint density at radius 1 is 1.25 bits per heavy atom. The van der Waals surface area contributed by atoms with E-state index < -0.39 is 0 Å². The van der Waals surface area contributed by atoms with Crippen LogP contribution in [-0.2, 0) is 6.42 Å². The van der Waals surface area contributed by atoms with E-state index in [0.717, 1.165) is 27.5 Å². The van der Waals surface area contributed by atoms with E-state index in [4.69, 9.17) is 20.8 Å². The highest BCUT2D eigenvalue weighted by Gasteiger charge is 2.17. The smallest absolute Gasteiger partial charge is 0.252 e. The van der Waals surface area contributed by atoms with Crippen molar-refractivity contribution in [2.75, 3.05) is 34.3 Å². The van der Waals surface area contributed by atoms with Crippen LogP contribution < -0.4 is 10.1 Å². The molecule has 0 unspecified atom stereocenters. The molecule has 2 aromatic carbocycles. The van der Waals surface area contributed by atoms with Crippen LogP contribution in [0.5, 0.6) is 5.75 Å². The third-order valence-corrected chi connectivity index (χ3v) is 6.07. The molecular formula is C22H22ClN5O3S. The normalized spacial score (nSPS) is 11.3. The molecule has 1 N–H and O–H groups in total. The fourth-order valence-electron chi connectivity index (χ4n) is 3.10. The number of methoxy groups -OCH3 is 1. The van der Waals surface area contributed by atoms with E-state index in [1.165, 1.54) is 0 Å². The molecule has 10 heteroatoms. The van der Waals surface area contributed by atoms with Crippen molar-refractivity contribution < 1.29 is 13.9 Å². The minimum atomic E-state index is -0.248. The number of carbonyl (C=O) groups is 1. The Morgan fingerprint density at radius 3 is 2.88 bits per heavy atom. The standard InChI is InChI=1S/C22H22ClN5O3S/c1-28(2)10-9-24-21(29)14-11-13(7-8-15(14)23)22-27-26-18(31-22)12-19-25-20-16(30-3)5-4-6-17(20)32-19/h4-8,11H,9-10,12H2,1-3H3,(H,24,29). The quantitative estimate of drug-likeness (QED) is 0.416. The summed E-state index contributed by atoms with van der Waals surface area (Å²) in [5.74, 6) is 1.23. The van der Waals surface area contributed by atoms with E-state index in [9.17, 15) is 4.79 Å². The van der Waals surface area contributed by atoms with Crippen molar-refractivity contribution in [3.63, 3.8) is 0 Å². The first kappa shape index (κ1) is 22.2. The molecule has 0 spiro atoms. The van der Waals surface area contributed by atoms with Crippen LogP contribution in [0.3, 0.4) is 0 Å². The molecule has 0 atom stereocenters. The van der Waals surface area contributed by atoms with Gasteiger partial charge in [0.2, 0.25) is 11.8 Å². The molecule has 1 amide bonds.